The highest BCUT2D eigenvalue weighted by atomic mass is 16.2. The van der Waals surface area contributed by atoms with Gasteiger partial charge in [-0.3, -0.25) is 13.9 Å². The van der Waals surface area contributed by atoms with Gasteiger partial charge in [0.05, 0.1) is 5.72 Å². The molecule has 0 aliphatic heterocycles. The van der Waals surface area contributed by atoms with Gasteiger partial charge in [-0.25, -0.2) is 9.78 Å². The lowest BCUT2D eigenvalue weighted by Gasteiger charge is -2.22. The van der Waals surface area contributed by atoms with Gasteiger partial charge in [0.2, 0.25) is 0 Å². The average molecular weight is 241 g/mol. The van der Waals surface area contributed by atoms with Gasteiger partial charge < -0.3 is 4.57 Å². The largest absolute Gasteiger partial charge is 0.334 e. The summed E-state index contributed by atoms with van der Waals surface area (Å²) in [6.07, 6.45) is 0. The van der Waals surface area contributed by atoms with Crippen LogP contribution in [0, 0.1) is 0 Å². The topological polar surface area (TPSA) is 61.8 Å². The van der Waals surface area contributed by atoms with Crippen molar-refractivity contribution < 1.29 is 0 Å². The lowest BCUT2D eigenvalue weighted by molar-refractivity contribution is 0.643. The Morgan fingerprint density at radius 2 is 1.67 bits per heavy atom. The minimum Gasteiger partial charge on any atom is -0.334 e. The second-order valence-corrected chi connectivity index (χ2v) is 5.54. The molecule has 2 rings (SSSR count). The van der Waals surface area contributed by atoms with Crippen molar-refractivity contribution in [3.8, 4) is 0 Å². The molecule has 0 aliphatic carbocycles. The summed E-state index contributed by atoms with van der Waals surface area (Å²) in [5, 5.41) is -0.557. The van der Waals surface area contributed by atoms with E-state index < -0.39 is 5.24 Å². The lowest BCUT2D eigenvalue weighted by atomic mass is 9.49. The molecule has 0 atom stereocenters. The number of imidazole rings is 1. The molecule has 0 unspecified atom stereocenters. The molecule has 0 saturated heterocycles. The summed E-state index contributed by atoms with van der Waals surface area (Å²) in [5.74, 6) is 0. The predicted octanol–water partition coefficient (Wildman–Crippen LogP) is -5.84. The van der Waals surface area contributed by atoms with Crippen LogP contribution >= 0.6 is 0 Å². The van der Waals surface area contributed by atoms with Crippen molar-refractivity contribution in [1.29, 1.82) is 0 Å². The number of rotatable bonds is 1. The van der Waals surface area contributed by atoms with E-state index in [4.69, 9.17) is 0 Å². The standard InChI is InChI=1S/C8H14B4N4O2/c1-14-3-4(13-6(14)9)15(2)7(18)16(5(3)17)8(10,11)12/h9-12H2,1-2H3. The molecule has 0 saturated carbocycles. The van der Waals surface area contributed by atoms with Gasteiger partial charge in [0, 0.05) is 14.1 Å². The smallest absolute Gasteiger partial charge is 0.330 e. The van der Waals surface area contributed by atoms with Crippen molar-refractivity contribution in [3.63, 3.8) is 0 Å². The van der Waals surface area contributed by atoms with Gasteiger partial charge in [0.1, 0.15) is 23.5 Å². The molecule has 0 aliphatic rings. The Morgan fingerprint density at radius 3 is 2.17 bits per heavy atom. The molecule has 0 aromatic carbocycles. The van der Waals surface area contributed by atoms with E-state index in [1.54, 1.807) is 18.7 Å². The Hall–Kier alpha value is -1.59. The fourth-order valence-electron chi connectivity index (χ4n) is 2.09. The van der Waals surface area contributed by atoms with Gasteiger partial charge in [0.15, 0.2) is 19.0 Å². The molecule has 10 heteroatoms. The van der Waals surface area contributed by atoms with Crippen molar-refractivity contribution in [2.24, 2.45) is 14.1 Å². The molecule has 2 heterocycles. The average Bonchev–Trinajstić information content (AvgIpc) is 2.51. The molecule has 2 aromatic heterocycles. The summed E-state index contributed by atoms with van der Waals surface area (Å²) < 4.78 is 4.42. The van der Waals surface area contributed by atoms with Crippen LogP contribution in [0.25, 0.3) is 11.2 Å². The van der Waals surface area contributed by atoms with Crippen molar-refractivity contribution in [2.75, 3.05) is 0 Å². The van der Waals surface area contributed by atoms with Crippen molar-refractivity contribution in [2.45, 2.75) is 5.24 Å². The van der Waals surface area contributed by atoms with Crippen LogP contribution in [-0.4, -0.2) is 50.1 Å². The van der Waals surface area contributed by atoms with Gasteiger partial charge in [-0.1, -0.05) is 0 Å². The van der Waals surface area contributed by atoms with E-state index in [2.05, 4.69) is 4.98 Å². The Kier molecular flexibility index (Phi) is 2.64. The summed E-state index contributed by atoms with van der Waals surface area (Å²) in [4.78, 5) is 29.0. The van der Waals surface area contributed by atoms with E-state index in [9.17, 15) is 9.59 Å². The van der Waals surface area contributed by atoms with Crippen LogP contribution in [0.5, 0.6) is 0 Å². The van der Waals surface area contributed by atoms with Gasteiger partial charge in [-0.2, -0.15) is 0 Å². The highest BCUT2D eigenvalue weighted by Gasteiger charge is 2.23. The summed E-state index contributed by atoms with van der Waals surface area (Å²) in [5.41, 5.74) is 0.987. The monoisotopic (exact) mass is 242 g/mol. The number of fused-ring (bicyclic) bond motifs is 1. The second kappa shape index (κ2) is 3.70. The SMILES string of the molecule is Bc1nc2c(c(=O)n(C(B)(B)B)c(=O)n2C)n1C. The zero-order chi connectivity index (χ0) is 13.8. The maximum Gasteiger partial charge on any atom is 0.330 e. The first kappa shape index (κ1) is 12.9. The fraction of sp³-hybridized carbons (Fsp3) is 0.375. The molecule has 0 bridgehead atoms. The first-order valence-electron chi connectivity index (χ1n) is 5.82. The van der Waals surface area contributed by atoms with Crippen molar-refractivity contribution in [3.05, 3.63) is 20.8 Å². The van der Waals surface area contributed by atoms with Crippen LogP contribution in [-0.2, 0) is 19.3 Å². The van der Waals surface area contributed by atoms with E-state index >= 15 is 0 Å². The fourth-order valence-corrected chi connectivity index (χ4v) is 2.09. The summed E-state index contributed by atoms with van der Waals surface area (Å²) >= 11 is 0. The first-order valence-corrected chi connectivity index (χ1v) is 5.82. The minimum atomic E-state index is -0.557. The van der Waals surface area contributed by atoms with Crippen molar-refractivity contribution >= 4 is 48.3 Å². The number of aromatic nitrogens is 4. The van der Waals surface area contributed by atoms with Gasteiger partial charge >= 0.3 is 5.69 Å². The third-order valence-corrected chi connectivity index (χ3v) is 3.17. The normalized spacial score (nSPS) is 12.1. The third kappa shape index (κ3) is 1.59. The Labute approximate surface area is 108 Å². The second-order valence-electron chi connectivity index (χ2n) is 5.54. The van der Waals surface area contributed by atoms with Gasteiger partial charge in [-0.05, 0) is 5.24 Å². The molecular formula is C8H14B4N4O2. The minimum absolute atomic E-state index is 0.288. The van der Waals surface area contributed by atoms with E-state index in [1.165, 1.54) is 9.13 Å². The van der Waals surface area contributed by atoms with Gasteiger partial charge in [-0.15, -0.1) is 0 Å². The number of hydrogen-bond donors (Lipinski definition) is 0. The molecule has 18 heavy (non-hydrogen) atoms. The molecule has 0 N–H and O–H groups in total. The Bertz CT molecular complexity index is 752. The Balaban J connectivity index is 3.14. The zero-order valence-electron chi connectivity index (χ0n) is 11.6. The number of nitrogens with zero attached hydrogens (tertiary/aromatic N) is 4. The molecule has 0 spiro atoms. The lowest BCUT2D eigenvalue weighted by Crippen LogP contribution is -2.52. The van der Waals surface area contributed by atoms with Crippen LogP contribution in [0.3, 0.4) is 0 Å². The van der Waals surface area contributed by atoms with E-state index in [0.29, 0.717) is 16.9 Å². The molecule has 90 valence electrons. The van der Waals surface area contributed by atoms with Crippen LogP contribution in [0.2, 0.25) is 0 Å². The highest BCUT2D eigenvalue weighted by Crippen LogP contribution is 2.03. The zero-order valence-corrected chi connectivity index (χ0v) is 11.6. The summed E-state index contributed by atoms with van der Waals surface area (Å²) in [7, 11) is 10.7. The van der Waals surface area contributed by atoms with Crippen molar-refractivity contribution in [1.82, 2.24) is 18.7 Å². The summed E-state index contributed by atoms with van der Waals surface area (Å²) in [6.45, 7) is 0. The van der Waals surface area contributed by atoms with Crippen LogP contribution < -0.4 is 17.0 Å². The molecular weight excluding hydrogens is 227 g/mol. The molecule has 0 fully saturated rings. The van der Waals surface area contributed by atoms with E-state index in [1.807, 2.05) is 31.4 Å². The molecule has 0 amide bonds. The Morgan fingerprint density at radius 1 is 1.11 bits per heavy atom. The van der Waals surface area contributed by atoms with Crippen LogP contribution in [0.4, 0.5) is 0 Å². The van der Waals surface area contributed by atoms with Crippen LogP contribution in [0.15, 0.2) is 9.59 Å². The third-order valence-electron chi connectivity index (χ3n) is 3.17. The summed E-state index contributed by atoms with van der Waals surface area (Å²) in [6, 6.07) is 0. The quantitative estimate of drug-likeness (QED) is 0.467. The number of hydrogen-bond acceptors (Lipinski definition) is 3. The molecule has 2 aromatic rings. The van der Waals surface area contributed by atoms with Crippen LogP contribution in [0.1, 0.15) is 0 Å². The molecule has 0 radical (unpaired) electrons. The van der Waals surface area contributed by atoms with E-state index in [0.717, 1.165) is 0 Å². The van der Waals surface area contributed by atoms with E-state index in [-0.39, 0.29) is 11.2 Å². The highest BCUT2D eigenvalue weighted by molar-refractivity contribution is 6.56. The maximum atomic E-state index is 12.5. The predicted molar refractivity (Wildman–Crippen MR) is 82.0 cm³/mol. The first-order chi connectivity index (χ1) is 8.16. The molecule has 6 nitrogen and oxygen atoms in total. The maximum absolute atomic E-state index is 12.5. The number of aryl methyl sites for hydroxylation is 2. The van der Waals surface area contributed by atoms with Gasteiger partial charge in [0.25, 0.3) is 5.56 Å².